The lowest BCUT2D eigenvalue weighted by Crippen LogP contribution is -2.44. The highest BCUT2D eigenvalue weighted by Gasteiger charge is 2.17. The molecule has 63 heavy (non-hydrogen) atoms. The lowest BCUT2D eigenvalue weighted by Gasteiger charge is -2.13. The Balaban J connectivity index is 0. The Morgan fingerprint density at radius 2 is 0.571 bits per heavy atom. The van der Waals surface area contributed by atoms with Gasteiger partial charge in [0.05, 0.1) is 11.1 Å². The Kier molecular flexibility index (Phi) is 41.4. The van der Waals surface area contributed by atoms with Crippen molar-refractivity contribution in [2.24, 2.45) is 0 Å². The predicted octanol–water partition coefficient (Wildman–Crippen LogP) is -5.65. The number of benzene rings is 1. The van der Waals surface area contributed by atoms with Crippen LogP contribution in [0.4, 0.5) is 0 Å². The lowest BCUT2D eigenvalue weighted by atomic mass is 10.0. The molecule has 22 nitrogen and oxygen atoms in total. The Bertz CT molecular complexity index is 1380. The fourth-order valence-corrected chi connectivity index (χ4v) is 5.28. The maximum Gasteiger partial charge on any atom is 0.309 e. The first-order valence-electron chi connectivity index (χ1n) is 21.4. The molecule has 364 valence electrons. The average Bonchev–Trinajstić information content (AvgIpc) is 3.25. The minimum atomic E-state index is -0.669. The second-order valence-electron chi connectivity index (χ2n) is 13.8. The number of carbonyl (C=O) groups excluding carboxylic acids is 6. The normalized spacial score (nSPS) is 10.5. The first-order valence-corrected chi connectivity index (χ1v) is 21.4. The summed E-state index contributed by atoms with van der Waals surface area (Å²) in [5, 5.41) is 47.9. The van der Waals surface area contributed by atoms with Gasteiger partial charge in [0.15, 0.2) is 0 Å². The van der Waals surface area contributed by atoms with E-state index >= 15 is 0 Å². The van der Waals surface area contributed by atoms with Crippen molar-refractivity contribution in [3.05, 3.63) is 34.9 Å². The second-order valence-corrected chi connectivity index (χ2v) is 13.8. The maximum absolute atomic E-state index is 13.0. The molecule has 1 aromatic rings. The number of carbonyl (C=O) groups is 6. The number of aryl methyl sites for hydroxylation is 1. The van der Waals surface area contributed by atoms with Crippen LogP contribution in [-0.4, -0.2) is 207 Å². The zero-order valence-corrected chi connectivity index (χ0v) is 36.7. The number of rotatable bonds is 38. The van der Waals surface area contributed by atoms with Gasteiger partial charge in [-0.2, -0.15) is 0 Å². The molecule has 16 N–H and O–H groups in total. The summed E-state index contributed by atoms with van der Waals surface area (Å²) in [5.74, 6) is -3.34. The fourth-order valence-electron chi connectivity index (χ4n) is 5.28. The van der Waals surface area contributed by atoms with Crippen LogP contribution in [0.2, 0.25) is 0 Å². The van der Waals surface area contributed by atoms with E-state index in [1.54, 1.807) is 18.2 Å². The zero-order chi connectivity index (χ0) is 44.6. The molecular formula is C41H84N16O6. The van der Waals surface area contributed by atoms with E-state index in [0.29, 0.717) is 116 Å². The van der Waals surface area contributed by atoms with Gasteiger partial charge in [-0.1, -0.05) is 26.5 Å². The van der Waals surface area contributed by atoms with Crippen molar-refractivity contribution >= 4 is 35.4 Å². The van der Waals surface area contributed by atoms with E-state index in [2.05, 4.69) is 85.1 Å². The molecule has 0 bridgehead atoms. The van der Waals surface area contributed by atoms with Crippen LogP contribution < -0.4 is 85.1 Å². The maximum atomic E-state index is 13.0. The summed E-state index contributed by atoms with van der Waals surface area (Å²) in [6.07, 6.45) is 0. The SMILES string of the molecule is C.C.CNCCNCCNCCNC(=O)C(=O)NCCNCCNCCNC(=O)c1ccc(C)cc1C(=O)NCCNCCNCCNC(=O)C(=O)NCCNCCNCCNC. The number of nitrogens with one attached hydrogen (secondary N) is 16. The molecule has 1 aromatic carbocycles. The molecule has 0 aliphatic rings. The van der Waals surface area contributed by atoms with Crippen molar-refractivity contribution < 1.29 is 28.8 Å². The molecular weight excluding hydrogens is 813 g/mol. The highest BCUT2D eigenvalue weighted by molar-refractivity contribution is 6.35. The Morgan fingerprint density at radius 3 is 0.857 bits per heavy atom. The van der Waals surface area contributed by atoms with Crippen LogP contribution >= 0.6 is 0 Å². The molecule has 0 aromatic heterocycles. The first-order chi connectivity index (χ1) is 29.7. The van der Waals surface area contributed by atoms with E-state index in [0.717, 1.165) is 57.9 Å². The van der Waals surface area contributed by atoms with E-state index in [1.165, 1.54) is 0 Å². The molecule has 0 saturated heterocycles. The summed E-state index contributed by atoms with van der Waals surface area (Å²) >= 11 is 0. The molecule has 0 aliphatic heterocycles. The molecule has 22 heteroatoms. The minimum absolute atomic E-state index is 0. The summed E-state index contributed by atoms with van der Waals surface area (Å²) in [7, 11) is 3.80. The Labute approximate surface area is 376 Å². The highest BCUT2D eigenvalue weighted by Crippen LogP contribution is 2.12. The van der Waals surface area contributed by atoms with Crippen molar-refractivity contribution in [2.45, 2.75) is 21.8 Å². The molecule has 0 radical (unpaired) electrons. The van der Waals surface area contributed by atoms with Gasteiger partial charge in [0.2, 0.25) is 0 Å². The Morgan fingerprint density at radius 1 is 0.333 bits per heavy atom. The number of hydrogen-bond donors (Lipinski definition) is 16. The third-order valence-corrected chi connectivity index (χ3v) is 8.62. The topological polar surface area (TPSA) is 295 Å². The molecule has 0 heterocycles. The lowest BCUT2D eigenvalue weighted by molar-refractivity contribution is -0.139. The molecule has 0 saturated carbocycles. The van der Waals surface area contributed by atoms with E-state index in [9.17, 15) is 28.8 Å². The summed E-state index contributed by atoms with van der Waals surface area (Å²) in [6, 6.07) is 5.13. The van der Waals surface area contributed by atoms with Crippen molar-refractivity contribution in [2.75, 3.05) is 171 Å². The van der Waals surface area contributed by atoms with Crippen molar-refractivity contribution in [3.8, 4) is 0 Å². The predicted molar refractivity (Wildman–Crippen MR) is 252 cm³/mol. The second kappa shape index (κ2) is 42.9. The van der Waals surface area contributed by atoms with Gasteiger partial charge in [-0.15, -0.1) is 0 Å². The number of hydrogen-bond acceptors (Lipinski definition) is 16. The Hall–Kier alpha value is -4.36. The molecule has 0 atom stereocenters. The zero-order valence-electron chi connectivity index (χ0n) is 36.7. The minimum Gasteiger partial charge on any atom is -0.351 e. The van der Waals surface area contributed by atoms with Crippen molar-refractivity contribution in [1.29, 1.82) is 0 Å². The standard InChI is InChI=1S/C39H76N16O6.2CH4/c1-31-4-5-32(34(56)50-24-18-44-14-16-48-22-28-54-38(60)36(58)52-26-20-46-12-10-42-8-6-40-2)33(30-31)35(57)51-25-19-45-15-17-49-23-29-55-39(61)37(59)53-27-21-47-13-11-43-9-7-41-3;;/h4-5,30,40-49H,6-29H2,1-3H3,(H,50,56)(H,51,57)(H,52,58)(H,53,59)(H,54,60)(H,55,61);2*1H4. The van der Waals surface area contributed by atoms with Gasteiger partial charge in [-0.3, -0.25) is 28.8 Å². The van der Waals surface area contributed by atoms with Crippen LogP contribution in [0.1, 0.15) is 41.1 Å². The van der Waals surface area contributed by atoms with Gasteiger partial charge in [0.1, 0.15) is 0 Å². The van der Waals surface area contributed by atoms with Crippen LogP contribution in [0.3, 0.4) is 0 Å². The van der Waals surface area contributed by atoms with Crippen LogP contribution in [0.25, 0.3) is 0 Å². The summed E-state index contributed by atoms with van der Waals surface area (Å²) in [5.41, 5.74) is 1.45. The molecule has 6 amide bonds. The largest absolute Gasteiger partial charge is 0.351 e. The van der Waals surface area contributed by atoms with Crippen LogP contribution in [-0.2, 0) is 19.2 Å². The molecule has 0 fully saturated rings. The van der Waals surface area contributed by atoms with E-state index in [1.807, 2.05) is 21.0 Å². The van der Waals surface area contributed by atoms with E-state index < -0.39 is 23.6 Å². The first kappa shape index (κ1) is 60.7. The monoisotopic (exact) mass is 897 g/mol. The number of likely N-dealkylation sites (N-methyl/N-ethyl adjacent to an activating group) is 2. The smallest absolute Gasteiger partial charge is 0.309 e. The molecule has 1 rings (SSSR count). The van der Waals surface area contributed by atoms with E-state index in [4.69, 9.17) is 0 Å². The summed E-state index contributed by atoms with van der Waals surface area (Å²) < 4.78 is 0. The molecule has 0 aliphatic carbocycles. The van der Waals surface area contributed by atoms with Crippen LogP contribution in [0, 0.1) is 6.92 Å². The third kappa shape index (κ3) is 33.8. The summed E-state index contributed by atoms with van der Waals surface area (Å²) in [4.78, 5) is 73.7. The average molecular weight is 897 g/mol. The highest BCUT2D eigenvalue weighted by atomic mass is 16.2. The van der Waals surface area contributed by atoms with Gasteiger partial charge in [-0.25, -0.2) is 0 Å². The van der Waals surface area contributed by atoms with Crippen LogP contribution in [0.15, 0.2) is 18.2 Å². The molecule has 0 spiro atoms. The van der Waals surface area contributed by atoms with Gasteiger partial charge >= 0.3 is 23.6 Å². The fraction of sp³-hybridized carbons (Fsp3) is 0.707. The van der Waals surface area contributed by atoms with E-state index in [-0.39, 0.29) is 26.7 Å². The third-order valence-electron chi connectivity index (χ3n) is 8.62. The van der Waals surface area contributed by atoms with Crippen molar-refractivity contribution in [1.82, 2.24) is 85.1 Å². The van der Waals surface area contributed by atoms with Gasteiger partial charge in [0.25, 0.3) is 11.8 Å². The summed E-state index contributed by atoms with van der Waals surface area (Å²) in [6.45, 7) is 16.3. The van der Waals surface area contributed by atoms with Gasteiger partial charge in [-0.05, 0) is 33.2 Å². The molecule has 0 unspecified atom stereocenters. The van der Waals surface area contributed by atoms with Crippen molar-refractivity contribution in [3.63, 3.8) is 0 Å². The van der Waals surface area contributed by atoms with Gasteiger partial charge < -0.3 is 85.1 Å². The van der Waals surface area contributed by atoms with Gasteiger partial charge in [0, 0.05) is 157 Å². The number of amides is 6. The van der Waals surface area contributed by atoms with Crippen LogP contribution in [0.5, 0.6) is 0 Å². The quantitative estimate of drug-likeness (QED) is 0.0218.